The predicted octanol–water partition coefficient (Wildman–Crippen LogP) is 3.68. The number of carbonyl (C=O) groups excluding carboxylic acids is 1. The lowest BCUT2D eigenvalue weighted by molar-refractivity contribution is 0.103. The van der Waals surface area contributed by atoms with Crippen LogP contribution in [0.5, 0.6) is 0 Å². The Hall–Kier alpha value is -0.900. The maximum Gasteiger partial charge on any atom is 0.195 e. The quantitative estimate of drug-likeness (QED) is 0.607. The molecule has 2 nitrogen and oxygen atoms in total. The van der Waals surface area contributed by atoms with Crippen LogP contribution in [0.25, 0.3) is 0 Å². The monoisotopic (exact) mass is 257 g/mol. The highest BCUT2D eigenvalue weighted by Gasteiger charge is 2.13. The summed E-state index contributed by atoms with van der Waals surface area (Å²) in [5, 5.41) is 2.07. The van der Waals surface area contributed by atoms with Crippen LogP contribution in [0.3, 0.4) is 0 Å². The zero-order valence-corrected chi connectivity index (χ0v) is 9.73. The van der Waals surface area contributed by atoms with Crippen LogP contribution in [0.1, 0.15) is 15.9 Å². The fraction of sp³-hybridized carbons (Fsp3) is 0. The summed E-state index contributed by atoms with van der Waals surface area (Å²) in [4.78, 5) is 15.7. The number of thiophene rings is 1. The summed E-state index contributed by atoms with van der Waals surface area (Å²) in [6.07, 6.45) is 1.50. The fourth-order valence-corrected chi connectivity index (χ4v) is 2.24. The Morgan fingerprint density at radius 1 is 1.33 bits per heavy atom. The van der Waals surface area contributed by atoms with Crippen LogP contribution in [-0.4, -0.2) is 10.8 Å². The molecule has 0 aromatic carbocycles. The summed E-state index contributed by atoms with van der Waals surface area (Å²) in [6, 6.07) is 4.84. The molecule has 0 aliphatic heterocycles. The van der Waals surface area contributed by atoms with E-state index in [1.807, 2.05) is 0 Å². The molecule has 76 valence electrons. The molecule has 0 fully saturated rings. The normalized spacial score (nSPS) is 10.3. The van der Waals surface area contributed by atoms with E-state index in [2.05, 4.69) is 4.98 Å². The summed E-state index contributed by atoms with van der Waals surface area (Å²) >= 11 is 12.9. The number of hydrogen-bond acceptors (Lipinski definition) is 3. The van der Waals surface area contributed by atoms with Gasteiger partial charge in [-0.05, 0) is 23.6 Å². The van der Waals surface area contributed by atoms with Crippen LogP contribution in [0, 0.1) is 0 Å². The average Bonchev–Trinajstić information content (AvgIpc) is 2.63. The van der Waals surface area contributed by atoms with Crippen molar-refractivity contribution in [3.8, 4) is 0 Å². The Labute approximate surface area is 100 Å². The largest absolute Gasteiger partial charge is 0.289 e. The van der Waals surface area contributed by atoms with E-state index in [1.54, 1.807) is 17.5 Å². The van der Waals surface area contributed by atoms with Crippen LogP contribution in [0.2, 0.25) is 9.49 Å². The van der Waals surface area contributed by atoms with Gasteiger partial charge in [-0.25, -0.2) is 4.98 Å². The van der Waals surface area contributed by atoms with Gasteiger partial charge in [-0.3, -0.25) is 4.79 Å². The van der Waals surface area contributed by atoms with Crippen molar-refractivity contribution in [3.05, 3.63) is 50.4 Å². The molecule has 0 atom stereocenters. The minimum Gasteiger partial charge on any atom is -0.289 e. The first-order valence-electron chi connectivity index (χ1n) is 4.08. The van der Waals surface area contributed by atoms with E-state index in [9.17, 15) is 4.79 Å². The van der Waals surface area contributed by atoms with Crippen LogP contribution in [0.15, 0.2) is 29.8 Å². The van der Waals surface area contributed by atoms with Crippen molar-refractivity contribution < 1.29 is 4.79 Å². The lowest BCUT2D eigenvalue weighted by atomic mass is 10.1. The van der Waals surface area contributed by atoms with Crippen molar-refractivity contribution in [2.45, 2.75) is 0 Å². The molecule has 0 bridgehead atoms. The molecule has 0 spiro atoms. The highest BCUT2D eigenvalue weighted by molar-refractivity contribution is 7.14. The van der Waals surface area contributed by atoms with E-state index < -0.39 is 0 Å². The van der Waals surface area contributed by atoms with Gasteiger partial charge in [0.25, 0.3) is 0 Å². The van der Waals surface area contributed by atoms with E-state index in [4.69, 9.17) is 23.2 Å². The van der Waals surface area contributed by atoms with Gasteiger partial charge in [0.1, 0.15) is 9.49 Å². The summed E-state index contributed by atoms with van der Waals surface area (Å²) < 4.78 is 0.493. The van der Waals surface area contributed by atoms with Crippen molar-refractivity contribution in [1.82, 2.24) is 4.98 Å². The molecule has 2 heterocycles. The zero-order valence-electron chi connectivity index (χ0n) is 7.41. The Morgan fingerprint density at radius 2 is 2.13 bits per heavy atom. The van der Waals surface area contributed by atoms with Crippen molar-refractivity contribution in [2.24, 2.45) is 0 Å². The molecule has 0 aliphatic rings. The van der Waals surface area contributed by atoms with Crippen molar-refractivity contribution in [1.29, 1.82) is 0 Å². The summed E-state index contributed by atoms with van der Waals surface area (Å²) in [5.41, 5.74) is 0.999. The molecule has 0 aliphatic carbocycles. The molecule has 0 N–H and O–H groups in total. The van der Waals surface area contributed by atoms with Crippen molar-refractivity contribution >= 4 is 40.3 Å². The molecule has 0 saturated carbocycles. The SMILES string of the molecule is O=C(c1ccnc(Cl)c1)c1ccsc1Cl. The Bertz CT molecular complexity index is 510. The first-order chi connectivity index (χ1) is 7.18. The van der Waals surface area contributed by atoms with E-state index in [0.717, 1.165) is 0 Å². The predicted molar refractivity (Wildman–Crippen MR) is 62.0 cm³/mol. The first kappa shape index (κ1) is 10.6. The maximum atomic E-state index is 11.9. The number of rotatable bonds is 2. The molecule has 0 unspecified atom stereocenters. The smallest absolute Gasteiger partial charge is 0.195 e. The molecule has 0 amide bonds. The molecule has 2 aromatic rings. The van der Waals surface area contributed by atoms with E-state index in [0.29, 0.717) is 20.6 Å². The second-order valence-electron chi connectivity index (χ2n) is 2.80. The highest BCUT2D eigenvalue weighted by Crippen LogP contribution is 2.25. The standard InChI is InChI=1S/C10H5Cl2NOS/c11-8-5-6(1-3-13-8)9(14)7-2-4-15-10(7)12/h1-5H. The Kier molecular flexibility index (Phi) is 3.05. The molecule has 2 aromatic heterocycles. The summed E-state index contributed by atoms with van der Waals surface area (Å²) in [7, 11) is 0. The minimum absolute atomic E-state index is 0.134. The van der Waals surface area contributed by atoms with Gasteiger partial charge < -0.3 is 0 Å². The van der Waals surface area contributed by atoms with Crippen LogP contribution >= 0.6 is 34.5 Å². The second kappa shape index (κ2) is 4.31. The van der Waals surface area contributed by atoms with Gasteiger partial charge in [0.05, 0.1) is 5.56 Å². The molecule has 15 heavy (non-hydrogen) atoms. The number of pyridine rings is 1. The van der Waals surface area contributed by atoms with Crippen LogP contribution in [0.4, 0.5) is 0 Å². The van der Waals surface area contributed by atoms with Crippen LogP contribution < -0.4 is 0 Å². The first-order valence-corrected chi connectivity index (χ1v) is 5.71. The maximum absolute atomic E-state index is 11.9. The number of nitrogens with zero attached hydrogens (tertiary/aromatic N) is 1. The third kappa shape index (κ3) is 2.20. The van der Waals surface area contributed by atoms with Gasteiger partial charge in [-0.2, -0.15) is 0 Å². The molecule has 0 saturated heterocycles. The fourth-order valence-electron chi connectivity index (χ4n) is 1.15. The molecular formula is C10H5Cl2NOS. The molecule has 0 radical (unpaired) electrons. The topological polar surface area (TPSA) is 30.0 Å². The van der Waals surface area contributed by atoms with Gasteiger partial charge in [0.15, 0.2) is 5.78 Å². The lowest BCUT2D eigenvalue weighted by Gasteiger charge is -1.99. The van der Waals surface area contributed by atoms with Crippen LogP contribution in [-0.2, 0) is 0 Å². The Morgan fingerprint density at radius 3 is 2.73 bits per heavy atom. The highest BCUT2D eigenvalue weighted by atomic mass is 35.5. The number of ketones is 1. The van der Waals surface area contributed by atoms with Gasteiger partial charge in [0.2, 0.25) is 0 Å². The van der Waals surface area contributed by atoms with Gasteiger partial charge in [0, 0.05) is 11.8 Å². The second-order valence-corrected chi connectivity index (χ2v) is 4.71. The molecule has 5 heteroatoms. The van der Waals surface area contributed by atoms with Gasteiger partial charge in [-0.1, -0.05) is 23.2 Å². The number of halogens is 2. The molecular weight excluding hydrogens is 253 g/mol. The van der Waals surface area contributed by atoms with Gasteiger partial charge in [-0.15, -0.1) is 11.3 Å². The van der Waals surface area contributed by atoms with E-state index >= 15 is 0 Å². The summed E-state index contributed by atoms with van der Waals surface area (Å²) in [5.74, 6) is -0.134. The Balaban J connectivity index is 2.41. The van der Waals surface area contributed by atoms with E-state index in [1.165, 1.54) is 23.6 Å². The number of aromatic nitrogens is 1. The third-order valence-corrected chi connectivity index (χ3v) is 3.23. The lowest BCUT2D eigenvalue weighted by Crippen LogP contribution is -2.00. The van der Waals surface area contributed by atoms with Gasteiger partial charge >= 0.3 is 0 Å². The average molecular weight is 258 g/mol. The summed E-state index contributed by atoms with van der Waals surface area (Å²) in [6.45, 7) is 0. The third-order valence-electron chi connectivity index (χ3n) is 1.85. The molecule has 2 rings (SSSR count). The van der Waals surface area contributed by atoms with Crippen molar-refractivity contribution in [3.63, 3.8) is 0 Å². The number of hydrogen-bond donors (Lipinski definition) is 0. The zero-order chi connectivity index (χ0) is 10.8. The minimum atomic E-state index is -0.134. The van der Waals surface area contributed by atoms with E-state index in [-0.39, 0.29) is 5.78 Å². The van der Waals surface area contributed by atoms with Crippen molar-refractivity contribution in [2.75, 3.05) is 0 Å². The number of carbonyl (C=O) groups is 1.